The zero-order valence-corrected chi connectivity index (χ0v) is 20.7. The highest BCUT2D eigenvalue weighted by molar-refractivity contribution is 9.10. The Morgan fingerprint density at radius 1 is 1.03 bits per heavy atom. The largest absolute Gasteiger partial charge is 0.321 e. The molecule has 5 nitrogen and oxygen atoms in total. The van der Waals surface area contributed by atoms with Crippen molar-refractivity contribution in [2.75, 3.05) is 0 Å². The van der Waals surface area contributed by atoms with Gasteiger partial charge in [-0.05, 0) is 42.4 Å². The van der Waals surface area contributed by atoms with Gasteiger partial charge < -0.3 is 9.55 Å². The van der Waals surface area contributed by atoms with Crippen LogP contribution in [0, 0.1) is 0 Å². The second-order valence-corrected chi connectivity index (χ2v) is 9.61. The van der Waals surface area contributed by atoms with E-state index in [2.05, 4.69) is 31.1 Å². The van der Waals surface area contributed by atoms with Gasteiger partial charge in [0.25, 0.3) is 5.56 Å². The average Bonchev–Trinajstić information content (AvgIpc) is 3.22. The Balaban J connectivity index is 1.71. The van der Waals surface area contributed by atoms with Gasteiger partial charge in [0.1, 0.15) is 0 Å². The number of nitrogens with zero attached hydrogens (tertiary/aromatic N) is 3. The van der Waals surface area contributed by atoms with Crippen molar-refractivity contribution < 1.29 is 0 Å². The van der Waals surface area contributed by atoms with Crippen molar-refractivity contribution in [2.45, 2.75) is 23.5 Å². The highest BCUT2D eigenvalue weighted by Crippen LogP contribution is 2.39. The number of benzene rings is 3. The standard InChI is InChI=1S/C25H18BrClN4OS/c1-2-31-23(17-10-6-7-11-19(17)26)29-30-25(31)33-22-21(15-8-4-3-5-9-15)18-13-12-16(27)14-20(18)28-24(22)32/h3-14H,2H2,1H3,(H,28,32). The Bertz CT molecular complexity index is 1530. The second kappa shape index (κ2) is 9.17. The number of fused-ring (bicyclic) bond motifs is 1. The molecule has 3 aromatic carbocycles. The SMILES string of the molecule is CCn1c(Sc2c(-c3ccccc3)c3ccc(Cl)cc3[nH]c2=O)nnc1-c1ccccc1Br. The van der Waals surface area contributed by atoms with Crippen LogP contribution in [0.5, 0.6) is 0 Å². The monoisotopic (exact) mass is 536 g/mol. The lowest BCUT2D eigenvalue weighted by atomic mass is 10.0. The maximum atomic E-state index is 13.3. The molecule has 0 atom stereocenters. The van der Waals surface area contributed by atoms with Crippen LogP contribution in [-0.4, -0.2) is 19.7 Å². The zero-order valence-electron chi connectivity index (χ0n) is 17.5. The van der Waals surface area contributed by atoms with E-state index in [0.29, 0.717) is 27.1 Å². The molecule has 8 heteroatoms. The Labute approximate surface area is 208 Å². The average molecular weight is 538 g/mol. The van der Waals surface area contributed by atoms with Gasteiger partial charge in [0.05, 0.1) is 10.4 Å². The smallest absolute Gasteiger partial charge is 0.263 e. The molecule has 0 fully saturated rings. The zero-order chi connectivity index (χ0) is 22.9. The van der Waals surface area contributed by atoms with Crippen LogP contribution in [0.3, 0.4) is 0 Å². The van der Waals surface area contributed by atoms with Gasteiger partial charge in [0, 0.05) is 32.6 Å². The van der Waals surface area contributed by atoms with E-state index >= 15 is 0 Å². The molecule has 0 aliphatic heterocycles. The summed E-state index contributed by atoms with van der Waals surface area (Å²) < 4.78 is 2.96. The van der Waals surface area contributed by atoms with Gasteiger partial charge >= 0.3 is 0 Å². The van der Waals surface area contributed by atoms with E-state index in [-0.39, 0.29) is 5.56 Å². The van der Waals surface area contributed by atoms with Gasteiger partial charge in [-0.3, -0.25) is 4.79 Å². The molecule has 1 N–H and O–H groups in total. The molecule has 2 heterocycles. The third-order valence-corrected chi connectivity index (χ3v) is 7.34. The predicted octanol–water partition coefficient (Wildman–Crippen LogP) is 7.04. The van der Waals surface area contributed by atoms with Crippen molar-refractivity contribution in [1.29, 1.82) is 0 Å². The predicted molar refractivity (Wildman–Crippen MR) is 138 cm³/mol. The molecular formula is C25H18BrClN4OS. The summed E-state index contributed by atoms with van der Waals surface area (Å²) in [7, 11) is 0. The molecule has 0 amide bonds. The van der Waals surface area contributed by atoms with Crippen LogP contribution in [0.4, 0.5) is 0 Å². The van der Waals surface area contributed by atoms with Crippen LogP contribution in [0.25, 0.3) is 33.4 Å². The molecule has 5 aromatic rings. The summed E-state index contributed by atoms with van der Waals surface area (Å²) in [6.07, 6.45) is 0. The fraction of sp³-hybridized carbons (Fsp3) is 0.0800. The number of halogens is 2. The number of pyridine rings is 1. The molecule has 0 saturated heterocycles. The second-order valence-electron chi connectivity index (χ2n) is 7.35. The van der Waals surface area contributed by atoms with Crippen molar-refractivity contribution in [3.8, 4) is 22.5 Å². The van der Waals surface area contributed by atoms with E-state index in [1.165, 1.54) is 11.8 Å². The van der Waals surface area contributed by atoms with Crippen molar-refractivity contribution in [1.82, 2.24) is 19.7 Å². The number of rotatable bonds is 5. The minimum absolute atomic E-state index is 0.193. The quantitative estimate of drug-likeness (QED) is 0.261. The van der Waals surface area contributed by atoms with Crippen molar-refractivity contribution in [3.05, 3.63) is 92.6 Å². The number of aromatic amines is 1. The van der Waals surface area contributed by atoms with Gasteiger partial charge in [0.15, 0.2) is 11.0 Å². The minimum atomic E-state index is -0.193. The van der Waals surface area contributed by atoms with Crippen LogP contribution in [0.2, 0.25) is 5.02 Å². The molecule has 0 unspecified atom stereocenters. The maximum absolute atomic E-state index is 13.3. The lowest BCUT2D eigenvalue weighted by molar-refractivity contribution is 0.687. The summed E-state index contributed by atoms with van der Waals surface area (Å²) in [6.45, 7) is 2.70. The summed E-state index contributed by atoms with van der Waals surface area (Å²) >= 11 is 11.1. The molecule has 0 radical (unpaired) electrons. The number of H-pyrrole nitrogens is 1. The first-order valence-electron chi connectivity index (χ1n) is 10.3. The molecule has 33 heavy (non-hydrogen) atoms. The van der Waals surface area contributed by atoms with Gasteiger partial charge in [-0.15, -0.1) is 10.2 Å². The Morgan fingerprint density at radius 3 is 2.55 bits per heavy atom. The van der Waals surface area contributed by atoms with E-state index in [1.54, 1.807) is 6.07 Å². The first kappa shape index (κ1) is 21.9. The van der Waals surface area contributed by atoms with Crippen LogP contribution in [-0.2, 0) is 6.54 Å². The van der Waals surface area contributed by atoms with Crippen LogP contribution in [0.1, 0.15) is 6.92 Å². The van der Waals surface area contributed by atoms with Crippen LogP contribution >= 0.6 is 39.3 Å². The number of hydrogen-bond donors (Lipinski definition) is 1. The first-order chi connectivity index (χ1) is 16.1. The third-order valence-electron chi connectivity index (χ3n) is 5.34. The Kier molecular flexibility index (Phi) is 6.10. The normalized spacial score (nSPS) is 11.2. The summed E-state index contributed by atoms with van der Waals surface area (Å²) in [5, 5.41) is 11.0. The van der Waals surface area contributed by atoms with E-state index in [4.69, 9.17) is 11.6 Å². The molecule has 5 rings (SSSR count). The molecule has 0 aliphatic carbocycles. The number of nitrogens with one attached hydrogen (secondary N) is 1. The summed E-state index contributed by atoms with van der Waals surface area (Å²) in [5.41, 5.74) is 3.25. The lowest BCUT2D eigenvalue weighted by Gasteiger charge is -2.13. The fourth-order valence-electron chi connectivity index (χ4n) is 3.82. The van der Waals surface area contributed by atoms with Crippen LogP contribution in [0.15, 0.2) is 92.1 Å². The fourth-order valence-corrected chi connectivity index (χ4v) is 5.52. The minimum Gasteiger partial charge on any atom is -0.321 e. The third kappa shape index (κ3) is 4.12. The number of hydrogen-bond acceptors (Lipinski definition) is 4. The molecule has 164 valence electrons. The molecular weight excluding hydrogens is 520 g/mol. The van der Waals surface area contributed by atoms with E-state index in [1.807, 2.05) is 78.2 Å². The number of aromatic nitrogens is 4. The highest BCUT2D eigenvalue weighted by Gasteiger charge is 2.21. The lowest BCUT2D eigenvalue weighted by Crippen LogP contribution is -2.11. The van der Waals surface area contributed by atoms with Crippen LogP contribution < -0.4 is 5.56 Å². The summed E-state index contributed by atoms with van der Waals surface area (Å²) in [6, 6.07) is 23.3. The molecule has 2 aromatic heterocycles. The summed E-state index contributed by atoms with van der Waals surface area (Å²) in [4.78, 5) is 16.8. The van der Waals surface area contributed by atoms with Crippen molar-refractivity contribution in [3.63, 3.8) is 0 Å². The van der Waals surface area contributed by atoms with E-state index in [9.17, 15) is 4.79 Å². The Morgan fingerprint density at radius 2 is 1.79 bits per heavy atom. The van der Waals surface area contributed by atoms with E-state index in [0.717, 1.165) is 32.4 Å². The Hall–Kier alpha value is -2.87. The molecule has 0 aliphatic rings. The maximum Gasteiger partial charge on any atom is 0.263 e. The highest BCUT2D eigenvalue weighted by atomic mass is 79.9. The van der Waals surface area contributed by atoms with Crippen molar-refractivity contribution >= 4 is 50.2 Å². The molecule has 0 saturated carbocycles. The van der Waals surface area contributed by atoms with Gasteiger partial charge in [-0.25, -0.2) is 0 Å². The van der Waals surface area contributed by atoms with Gasteiger partial charge in [-0.1, -0.05) is 82.1 Å². The first-order valence-corrected chi connectivity index (χ1v) is 12.3. The van der Waals surface area contributed by atoms with Gasteiger partial charge in [-0.2, -0.15) is 0 Å². The molecule has 0 spiro atoms. The van der Waals surface area contributed by atoms with E-state index < -0.39 is 0 Å². The van der Waals surface area contributed by atoms with Gasteiger partial charge in [0.2, 0.25) is 0 Å². The van der Waals surface area contributed by atoms with Crippen molar-refractivity contribution in [2.24, 2.45) is 0 Å². The topological polar surface area (TPSA) is 63.6 Å². The summed E-state index contributed by atoms with van der Waals surface area (Å²) in [5.74, 6) is 0.748. The molecule has 0 bridgehead atoms.